The van der Waals surface area contributed by atoms with Gasteiger partial charge in [-0.3, -0.25) is 14.5 Å². The van der Waals surface area contributed by atoms with E-state index < -0.39 is 11.9 Å². The number of pyridine rings is 2. The first-order valence-corrected chi connectivity index (χ1v) is 9.49. The van der Waals surface area contributed by atoms with Gasteiger partial charge in [-0.15, -0.1) is 0 Å². The standard InChI is InChI=1S/C19H16N4O.C4H4O4/c1-14-22-18-12-21-10-8-19(18)23(14)16-6-4-15(5-7-16)13-24-17-3-2-9-20-11-17;5-3(6)1-2-4(7)8/h2-12H,13H2,1H3;1-2H,(H,5,6)(H,7,8)/b;2-1+. The molecule has 0 radical (unpaired) electrons. The lowest BCUT2D eigenvalue weighted by Crippen LogP contribution is -1.99. The first-order chi connectivity index (χ1) is 15.4. The molecule has 0 saturated heterocycles. The number of ether oxygens (including phenoxy) is 1. The molecular weight excluding hydrogens is 412 g/mol. The number of aliphatic carboxylic acids is 2. The van der Waals surface area contributed by atoms with Crippen molar-refractivity contribution in [3.05, 3.63) is 90.8 Å². The lowest BCUT2D eigenvalue weighted by molar-refractivity contribution is -0.134. The lowest BCUT2D eigenvalue weighted by atomic mass is 10.2. The predicted octanol–water partition coefficient (Wildman–Crippen LogP) is 3.41. The molecule has 0 spiro atoms. The second kappa shape index (κ2) is 10.5. The van der Waals surface area contributed by atoms with E-state index in [-0.39, 0.29) is 0 Å². The molecule has 0 aliphatic carbocycles. The fraction of sp³-hybridized carbons (Fsp3) is 0.0870. The van der Waals surface area contributed by atoms with Crippen LogP contribution in [0.25, 0.3) is 16.7 Å². The van der Waals surface area contributed by atoms with Gasteiger partial charge >= 0.3 is 11.9 Å². The van der Waals surface area contributed by atoms with Crippen LogP contribution in [-0.2, 0) is 16.2 Å². The summed E-state index contributed by atoms with van der Waals surface area (Å²) in [6.07, 6.45) is 8.13. The van der Waals surface area contributed by atoms with Crippen LogP contribution in [-0.4, -0.2) is 41.7 Å². The van der Waals surface area contributed by atoms with Gasteiger partial charge in [0.05, 0.1) is 17.9 Å². The van der Waals surface area contributed by atoms with Gasteiger partial charge in [-0.2, -0.15) is 0 Å². The summed E-state index contributed by atoms with van der Waals surface area (Å²) in [5.74, 6) is -0.803. The summed E-state index contributed by atoms with van der Waals surface area (Å²) in [4.78, 5) is 31.8. The van der Waals surface area contributed by atoms with Crippen LogP contribution >= 0.6 is 0 Å². The van der Waals surface area contributed by atoms with Crippen molar-refractivity contribution in [1.82, 2.24) is 19.5 Å². The molecule has 162 valence electrons. The van der Waals surface area contributed by atoms with Crippen molar-refractivity contribution in [2.24, 2.45) is 0 Å². The van der Waals surface area contributed by atoms with Crippen molar-refractivity contribution in [2.45, 2.75) is 13.5 Å². The minimum Gasteiger partial charge on any atom is -0.487 e. The maximum atomic E-state index is 9.55. The number of nitrogens with zero attached hydrogens (tertiary/aromatic N) is 4. The molecule has 0 bridgehead atoms. The number of imidazole rings is 1. The summed E-state index contributed by atoms with van der Waals surface area (Å²) in [6, 6.07) is 14.0. The van der Waals surface area contributed by atoms with Crippen molar-refractivity contribution in [3.8, 4) is 11.4 Å². The minimum atomic E-state index is -1.26. The molecule has 4 aromatic rings. The average Bonchev–Trinajstić information content (AvgIpc) is 3.13. The molecule has 2 N–H and O–H groups in total. The smallest absolute Gasteiger partial charge is 0.328 e. The van der Waals surface area contributed by atoms with E-state index >= 15 is 0 Å². The highest BCUT2D eigenvalue weighted by Gasteiger charge is 2.09. The van der Waals surface area contributed by atoms with Crippen LogP contribution in [0, 0.1) is 6.92 Å². The maximum Gasteiger partial charge on any atom is 0.328 e. The number of hydrogen-bond donors (Lipinski definition) is 2. The van der Waals surface area contributed by atoms with E-state index in [0.717, 1.165) is 33.9 Å². The summed E-state index contributed by atoms with van der Waals surface area (Å²) in [5.41, 5.74) is 4.14. The number of aromatic nitrogens is 4. The summed E-state index contributed by atoms with van der Waals surface area (Å²) >= 11 is 0. The Bertz CT molecular complexity index is 1220. The third-order valence-corrected chi connectivity index (χ3v) is 4.23. The lowest BCUT2D eigenvalue weighted by Gasteiger charge is -2.09. The number of carbonyl (C=O) groups is 2. The van der Waals surface area contributed by atoms with Crippen LogP contribution in [0.2, 0.25) is 0 Å². The molecular formula is C23H20N4O5. The van der Waals surface area contributed by atoms with Gasteiger partial charge < -0.3 is 14.9 Å². The molecule has 9 heteroatoms. The van der Waals surface area contributed by atoms with E-state index in [9.17, 15) is 9.59 Å². The van der Waals surface area contributed by atoms with Gasteiger partial charge in [0, 0.05) is 30.2 Å². The number of carboxylic acid groups (broad SMARTS) is 2. The normalized spacial score (nSPS) is 10.5. The molecule has 0 aliphatic heterocycles. The summed E-state index contributed by atoms with van der Waals surface area (Å²) < 4.78 is 7.85. The van der Waals surface area contributed by atoms with E-state index in [1.54, 1.807) is 24.8 Å². The first kappa shape index (κ1) is 22.2. The van der Waals surface area contributed by atoms with E-state index in [4.69, 9.17) is 14.9 Å². The fourth-order valence-electron chi connectivity index (χ4n) is 2.86. The highest BCUT2D eigenvalue weighted by Crippen LogP contribution is 2.21. The number of rotatable bonds is 6. The zero-order valence-corrected chi connectivity index (χ0v) is 17.1. The van der Waals surface area contributed by atoms with Crippen molar-refractivity contribution >= 4 is 23.0 Å². The maximum absolute atomic E-state index is 9.55. The summed E-state index contributed by atoms with van der Waals surface area (Å²) in [7, 11) is 0. The van der Waals surface area contributed by atoms with Crippen molar-refractivity contribution in [2.75, 3.05) is 0 Å². The summed E-state index contributed by atoms with van der Waals surface area (Å²) in [5, 5.41) is 15.6. The molecule has 32 heavy (non-hydrogen) atoms. The number of fused-ring (bicyclic) bond motifs is 1. The van der Waals surface area contributed by atoms with Gasteiger partial charge in [-0.1, -0.05) is 12.1 Å². The van der Waals surface area contributed by atoms with Crippen molar-refractivity contribution in [3.63, 3.8) is 0 Å². The Morgan fingerprint density at radius 3 is 2.28 bits per heavy atom. The molecule has 0 amide bonds. The van der Waals surface area contributed by atoms with Gasteiger partial charge in [-0.25, -0.2) is 14.6 Å². The molecule has 9 nitrogen and oxygen atoms in total. The summed E-state index contributed by atoms with van der Waals surface area (Å²) in [6.45, 7) is 2.51. The second-order valence-corrected chi connectivity index (χ2v) is 6.51. The molecule has 3 heterocycles. The Morgan fingerprint density at radius 2 is 1.66 bits per heavy atom. The van der Waals surface area contributed by atoms with Crippen LogP contribution in [0.3, 0.4) is 0 Å². The van der Waals surface area contributed by atoms with Crippen molar-refractivity contribution in [1.29, 1.82) is 0 Å². The van der Waals surface area contributed by atoms with Gasteiger partial charge in [0.1, 0.15) is 23.7 Å². The molecule has 0 saturated carbocycles. The molecule has 0 fully saturated rings. The number of benzene rings is 1. The monoisotopic (exact) mass is 432 g/mol. The molecule has 0 aliphatic rings. The van der Waals surface area contributed by atoms with Crippen LogP contribution in [0.15, 0.2) is 79.4 Å². The quantitative estimate of drug-likeness (QED) is 0.444. The van der Waals surface area contributed by atoms with E-state index in [0.29, 0.717) is 18.8 Å². The Hall–Kier alpha value is -4.53. The Balaban J connectivity index is 0.000000312. The molecule has 3 aromatic heterocycles. The van der Waals surface area contributed by atoms with E-state index in [2.05, 4.69) is 43.8 Å². The third-order valence-electron chi connectivity index (χ3n) is 4.23. The van der Waals surface area contributed by atoms with Gasteiger partial charge in [0.2, 0.25) is 0 Å². The van der Waals surface area contributed by atoms with E-state index in [1.165, 1.54) is 0 Å². The SMILES string of the molecule is Cc1nc2cnccc2n1-c1ccc(COc2cccnc2)cc1.O=C(O)/C=C/C(=O)O. The average molecular weight is 432 g/mol. The molecule has 1 aromatic carbocycles. The van der Waals surface area contributed by atoms with Crippen LogP contribution in [0.4, 0.5) is 0 Å². The Kier molecular flexibility index (Phi) is 7.26. The fourth-order valence-corrected chi connectivity index (χ4v) is 2.86. The molecule has 4 rings (SSSR count). The Labute approximate surface area is 183 Å². The van der Waals surface area contributed by atoms with Crippen LogP contribution in [0.1, 0.15) is 11.4 Å². The first-order valence-electron chi connectivity index (χ1n) is 9.49. The second-order valence-electron chi connectivity index (χ2n) is 6.51. The highest BCUT2D eigenvalue weighted by molar-refractivity contribution is 5.89. The minimum absolute atomic E-state index is 0.513. The Morgan fingerprint density at radius 1 is 0.969 bits per heavy atom. The number of aryl methyl sites for hydroxylation is 1. The van der Waals surface area contributed by atoms with Gasteiger partial charge in [0.15, 0.2) is 0 Å². The van der Waals surface area contributed by atoms with E-state index in [1.807, 2.05) is 25.1 Å². The van der Waals surface area contributed by atoms with Crippen LogP contribution in [0.5, 0.6) is 5.75 Å². The molecule has 0 unspecified atom stereocenters. The third kappa shape index (κ3) is 5.99. The largest absolute Gasteiger partial charge is 0.487 e. The van der Waals surface area contributed by atoms with Crippen LogP contribution < -0.4 is 4.74 Å². The topological polar surface area (TPSA) is 127 Å². The highest BCUT2D eigenvalue weighted by atomic mass is 16.5. The predicted molar refractivity (Wildman–Crippen MR) is 117 cm³/mol. The number of hydrogen-bond acceptors (Lipinski definition) is 6. The van der Waals surface area contributed by atoms with Crippen molar-refractivity contribution < 1.29 is 24.5 Å². The zero-order chi connectivity index (χ0) is 22.9. The zero-order valence-electron chi connectivity index (χ0n) is 17.1. The molecule has 0 atom stereocenters. The van der Waals surface area contributed by atoms with Gasteiger partial charge in [-0.05, 0) is 42.8 Å². The number of carboxylic acids is 2. The van der Waals surface area contributed by atoms with Gasteiger partial charge in [0.25, 0.3) is 0 Å².